The van der Waals surface area contributed by atoms with Crippen LogP contribution in [-0.4, -0.2) is 35.9 Å². The Balaban J connectivity index is 1.79. The maximum absolute atomic E-state index is 10.9. The molecule has 1 aromatic carbocycles. The van der Waals surface area contributed by atoms with Crippen LogP contribution in [-0.2, 0) is 0 Å². The Bertz CT molecular complexity index is 1050. The molecule has 12 nitrogen and oxygen atoms in total. The third-order valence-electron chi connectivity index (χ3n) is 3.71. The minimum absolute atomic E-state index is 0.0153. The molecular formula is C15H15N9O3. The van der Waals surface area contributed by atoms with Crippen molar-refractivity contribution in [3.05, 3.63) is 57.9 Å². The smallest absolute Gasteiger partial charge is 0.270 e. The van der Waals surface area contributed by atoms with Gasteiger partial charge < -0.3 is 5.73 Å². The van der Waals surface area contributed by atoms with Gasteiger partial charge in [0.25, 0.3) is 5.69 Å². The first-order valence-corrected chi connectivity index (χ1v) is 7.63. The van der Waals surface area contributed by atoms with Gasteiger partial charge >= 0.3 is 0 Å². The predicted molar refractivity (Wildman–Crippen MR) is 95.8 cm³/mol. The zero-order valence-electron chi connectivity index (χ0n) is 14.4. The van der Waals surface area contributed by atoms with Crippen LogP contribution in [0.4, 0.5) is 11.5 Å². The van der Waals surface area contributed by atoms with Crippen LogP contribution in [0, 0.1) is 17.0 Å². The van der Waals surface area contributed by atoms with Crippen LogP contribution in [0.2, 0.25) is 0 Å². The van der Waals surface area contributed by atoms with E-state index >= 15 is 0 Å². The van der Waals surface area contributed by atoms with Crippen LogP contribution in [0.3, 0.4) is 0 Å². The molecule has 0 aliphatic carbocycles. The van der Waals surface area contributed by atoms with Gasteiger partial charge in [0.15, 0.2) is 0 Å². The highest BCUT2D eigenvalue weighted by Crippen LogP contribution is 2.18. The molecule has 0 aliphatic rings. The highest BCUT2D eigenvalue weighted by Gasteiger charge is 2.18. The van der Waals surface area contributed by atoms with E-state index in [1.807, 2.05) is 0 Å². The van der Waals surface area contributed by atoms with Crippen LogP contribution in [0.15, 0.2) is 40.6 Å². The van der Waals surface area contributed by atoms with Crippen molar-refractivity contribution in [3.8, 4) is 5.82 Å². The Labute approximate surface area is 152 Å². The number of nitro benzene ring substituents is 1. The molecule has 0 fully saturated rings. The summed E-state index contributed by atoms with van der Waals surface area (Å²) in [5.74, 6) is 0.294. The molecule has 0 amide bonds. The summed E-state index contributed by atoms with van der Waals surface area (Å²) in [5.41, 5.74) is 11.0. The molecule has 2 heterocycles. The normalized spacial score (nSPS) is 11.4. The van der Waals surface area contributed by atoms with Crippen LogP contribution in [0.25, 0.3) is 11.5 Å². The predicted octanol–water partition coefficient (Wildman–Crippen LogP) is 1.43. The lowest BCUT2D eigenvalue weighted by Gasteiger charge is -2.05. The van der Waals surface area contributed by atoms with Gasteiger partial charge in [0.1, 0.15) is 5.69 Å². The van der Waals surface area contributed by atoms with E-state index in [4.69, 9.17) is 5.73 Å². The molecule has 138 valence electrons. The SMILES string of the molecule is C=C(NN=C(C)c1cccc([N+](=O)[O-])c1)c1nnn(-c2nonc2N)c1C. The van der Waals surface area contributed by atoms with Crippen molar-refractivity contribution < 1.29 is 9.55 Å². The zero-order chi connectivity index (χ0) is 19.6. The number of hydrazone groups is 1. The lowest BCUT2D eigenvalue weighted by atomic mass is 10.1. The standard InChI is InChI=1S/C15H15N9O3/c1-8(11-5-4-6-12(7-11)24(25)26)17-18-9(2)13-10(3)23(22-19-13)15-14(16)20-27-21-15/h4-7,18H,2H2,1,3H3,(H2,16,20). The van der Waals surface area contributed by atoms with E-state index < -0.39 is 4.92 Å². The number of anilines is 1. The lowest BCUT2D eigenvalue weighted by molar-refractivity contribution is -0.384. The molecule has 0 saturated heterocycles. The van der Waals surface area contributed by atoms with Gasteiger partial charge in [0.05, 0.1) is 22.0 Å². The fraction of sp³-hybridized carbons (Fsp3) is 0.133. The first-order valence-electron chi connectivity index (χ1n) is 7.63. The van der Waals surface area contributed by atoms with Crippen molar-refractivity contribution in [2.45, 2.75) is 13.8 Å². The Kier molecular flexibility index (Phi) is 4.62. The minimum atomic E-state index is -0.463. The molecule has 0 aliphatic heterocycles. The van der Waals surface area contributed by atoms with Crippen LogP contribution in [0.1, 0.15) is 23.9 Å². The number of non-ortho nitro benzene ring substituents is 1. The number of hydrogen-bond acceptors (Lipinski definition) is 10. The van der Waals surface area contributed by atoms with Crippen LogP contribution < -0.4 is 11.2 Å². The Morgan fingerprint density at radius 3 is 2.89 bits per heavy atom. The van der Waals surface area contributed by atoms with E-state index in [2.05, 4.69) is 42.4 Å². The largest absolute Gasteiger partial charge is 0.378 e. The average molecular weight is 369 g/mol. The maximum Gasteiger partial charge on any atom is 0.270 e. The van der Waals surface area contributed by atoms with Gasteiger partial charge in [0, 0.05) is 17.7 Å². The molecule has 0 unspecified atom stereocenters. The summed E-state index contributed by atoms with van der Waals surface area (Å²) in [6, 6.07) is 6.16. The summed E-state index contributed by atoms with van der Waals surface area (Å²) in [7, 11) is 0. The quantitative estimate of drug-likeness (QED) is 0.371. The Hall–Kier alpha value is -4.09. The molecule has 2 aromatic heterocycles. The average Bonchev–Trinajstić information content (AvgIpc) is 3.24. The highest BCUT2D eigenvalue weighted by atomic mass is 16.6. The number of nitrogens with two attached hydrogens (primary N) is 1. The summed E-state index contributed by atoms with van der Waals surface area (Å²) in [6.45, 7) is 7.34. The van der Waals surface area contributed by atoms with E-state index in [-0.39, 0.29) is 17.3 Å². The van der Waals surface area contributed by atoms with Gasteiger partial charge in [-0.2, -0.15) is 9.78 Å². The van der Waals surface area contributed by atoms with Crippen molar-refractivity contribution >= 4 is 22.9 Å². The maximum atomic E-state index is 10.9. The fourth-order valence-corrected chi connectivity index (χ4v) is 2.26. The molecule has 0 radical (unpaired) electrons. The topological polar surface area (TPSA) is 163 Å². The van der Waals surface area contributed by atoms with E-state index in [9.17, 15) is 10.1 Å². The summed E-state index contributed by atoms with van der Waals surface area (Å²) >= 11 is 0. The zero-order valence-corrected chi connectivity index (χ0v) is 14.4. The highest BCUT2D eigenvalue weighted by molar-refractivity contribution is 5.99. The molecule has 3 N–H and O–H groups in total. The van der Waals surface area contributed by atoms with Crippen molar-refractivity contribution in [3.63, 3.8) is 0 Å². The van der Waals surface area contributed by atoms with Crippen molar-refractivity contribution in [2.24, 2.45) is 5.10 Å². The van der Waals surface area contributed by atoms with Crippen molar-refractivity contribution in [1.82, 2.24) is 30.7 Å². The second-order valence-electron chi connectivity index (χ2n) is 5.50. The number of nitrogen functional groups attached to an aromatic ring is 1. The molecule has 0 spiro atoms. The van der Waals surface area contributed by atoms with Gasteiger partial charge in [-0.3, -0.25) is 15.5 Å². The van der Waals surface area contributed by atoms with Crippen LogP contribution in [0.5, 0.6) is 0 Å². The second kappa shape index (κ2) is 7.03. The summed E-state index contributed by atoms with van der Waals surface area (Å²) < 4.78 is 5.92. The molecule has 0 saturated carbocycles. The molecular weight excluding hydrogens is 354 g/mol. The van der Waals surface area contributed by atoms with Gasteiger partial charge in [-0.05, 0) is 24.2 Å². The summed E-state index contributed by atoms with van der Waals surface area (Å²) in [4.78, 5) is 10.4. The molecule has 3 rings (SSSR count). The minimum Gasteiger partial charge on any atom is -0.378 e. The number of rotatable bonds is 6. The third kappa shape index (κ3) is 3.49. The molecule has 12 heteroatoms. The van der Waals surface area contributed by atoms with Crippen LogP contribution >= 0.6 is 0 Å². The van der Waals surface area contributed by atoms with Gasteiger partial charge in [-0.25, -0.2) is 4.63 Å². The number of nitrogens with one attached hydrogen (secondary N) is 1. The van der Waals surface area contributed by atoms with Crippen molar-refractivity contribution in [1.29, 1.82) is 0 Å². The van der Waals surface area contributed by atoms with Gasteiger partial charge in [-0.15, -0.1) is 5.10 Å². The molecule has 27 heavy (non-hydrogen) atoms. The number of nitrogens with zero attached hydrogens (tertiary/aromatic N) is 7. The van der Waals surface area contributed by atoms with E-state index in [1.54, 1.807) is 26.0 Å². The first-order chi connectivity index (χ1) is 12.9. The fourth-order valence-electron chi connectivity index (χ4n) is 2.26. The monoisotopic (exact) mass is 369 g/mol. The van der Waals surface area contributed by atoms with E-state index in [1.165, 1.54) is 16.8 Å². The van der Waals surface area contributed by atoms with E-state index in [0.29, 0.717) is 28.4 Å². The Morgan fingerprint density at radius 1 is 1.44 bits per heavy atom. The van der Waals surface area contributed by atoms with Gasteiger partial charge in [-0.1, -0.05) is 23.9 Å². The summed E-state index contributed by atoms with van der Waals surface area (Å²) in [5, 5.41) is 30.2. The first kappa shape index (κ1) is 17.7. The number of benzene rings is 1. The molecule has 0 bridgehead atoms. The summed E-state index contributed by atoms with van der Waals surface area (Å²) in [6.07, 6.45) is 0. The lowest BCUT2D eigenvalue weighted by Crippen LogP contribution is -2.09. The van der Waals surface area contributed by atoms with Gasteiger partial charge in [0.2, 0.25) is 11.6 Å². The Morgan fingerprint density at radius 2 is 2.22 bits per heavy atom. The number of aromatic nitrogens is 5. The number of hydrogen-bond donors (Lipinski definition) is 2. The number of nitro groups is 1. The molecule has 3 aromatic rings. The second-order valence-corrected chi connectivity index (χ2v) is 5.50. The third-order valence-corrected chi connectivity index (χ3v) is 3.71. The van der Waals surface area contributed by atoms with E-state index in [0.717, 1.165) is 0 Å². The van der Waals surface area contributed by atoms with Crippen molar-refractivity contribution in [2.75, 3.05) is 5.73 Å². The molecule has 0 atom stereocenters.